The number of amides is 1. The molecule has 2 aromatic carbocycles. The Morgan fingerprint density at radius 2 is 2.04 bits per heavy atom. The third-order valence-corrected chi connectivity index (χ3v) is 5.36. The van der Waals surface area contributed by atoms with Gasteiger partial charge < -0.3 is 5.32 Å². The molecule has 0 saturated carbocycles. The number of hydrogen-bond donors (Lipinski definition) is 1. The first-order chi connectivity index (χ1) is 13.6. The van der Waals surface area contributed by atoms with Crippen LogP contribution in [0.15, 0.2) is 47.3 Å². The van der Waals surface area contributed by atoms with Crippen molar-refractivity contribution in [2.24, 2.45) is 0 Å². The first-order valence-corrected chi connectivity index (χ1v) is 9.99. The molecule has 0 radical (unpaired) electrons. The number of nitrogens with zero attached hydrogens (tertiary/aromatic N) is 2. The molecule has 0 saturated heterocycles. The monoisotopic (exact) mass is 375 g/mol. The average Bonchev–Trinajstić information content (AvgIpc) is 2.93. The van der Waals surface area contributed by atoms with E-state index in [9.17, 15) is 9.59 Å². The highest BCUT2D eigenvalue weighted by Gasteiger charge is 2.15. The zero-order chi connectivity index (χ0) is 19.5. The maximum absolute atomic E-state index is 12.8. The number of rotatable bonds is 4. The van der Waals surface area contributed by atoms with Crippen LogP contribution in [0.3, 0.4) is 0 Å². The Balaban J connectivity index is 1.52. The van der Waals surface area contributed by atoms with Gasteiger partial charge in [0.15, 0.2) is 0 Å². The second-order valence-electron chi connectivity index (χ2n) is 7.52. The molecule has 0 aliphatic carbocycles. The van der Waals surface area contributed by atoms with Gasteiger partial charge in [0.05, 0.1) is 10.9 Å². The molecule has 5 nitrogen and oxygen atoms in total. The Bertz CT molecular complexity index is 1080. The standard InChI is InChI=1S/C23H25N3O2/c1-16-6-5-7-17(14-16)11-12-24-22(27)18-9-10-19-20(15-18)25-21-8-3-2-4-13-26(21)23(19)28/h5-7,9-10,14-15H,2-4,8,11-13H2,1H3,(H,24,27). The zero-order valence-corrected chi connectivity index (χ0v) is 16.2. The van der Waals surface area contributed by atoms with E-state index in [2.05, 4.69) is 30.4 Å². The SMILES string of the molecule is Cc1cccc(CCNC(=O)c2ccc3c(=O)n4c(nc3c2)CCCCC4)c1. The molecule has 2 heterocycles. The van der Waals surface area contributed by atoms with Crippen LogP contribution in [0.1, 0.15) is 46.6 Å². The second kappa shape index (κ2) is 7.97. The number of fused-ring (bicyclic) bond motifs is 2. The van der Waals surface area contributed by atoms with Crippen molar-refractivity contribution in [2.75, 3.05) is 6.54 Å². The smallest absolute Gasteiger partial charge is 0.261 e. The molecule has 0 fully saturated rings. The third-order valence-electron chi connectivity index (χ3n) is 5.36. The number of benzene rings is 2. The topological polar surface area (TPSA) is 64.0 Å². The van der Waals surface area contributed by atoms with Gasteiger partial charge in [-0.3, -0.25) is 14.2 Å². The summed E-state index contributed by atoms with van der Waals surface area (Å²) in [5.41, 5.74) is 3.59. The number of hydrogen-bond acceptors (Lipinski definition) is 3. The Labute approximate surface area is 164 Å². The fourth-order valence-electron chi connectivity index (χ4n) is 3.85. The molecule has 1 aliphatic heterocycles. The molecule has 0 bridgehead atoms. The van der Waals surface area contributed by atoms with Crippen LogP contribution in [0.25, 0.3) is 10.9 Å². The van der Waals surface area contributed by atoms with E-state index >= 15 is 0 Å². The molecule has 0 atom stereocenters. The molecule has 3 aromatic rings. The molecule has 1 aromatic heterocycles. The first kappa shape index (κ1) is 18.4. The highest BCUT2D eigenvalue weighted by Crippen LogP contribution is 2.16. The normalized spacial score (nSPS) is 13.8. The fraction of sp³-hybridized carbons (Fsp3) is 0.348. The number of carbonyl (C=O) groups excluding carboxylic acids is 1. The van der Waals surface area contributed by atoms with E-state index in [-0.39, 0.29) is 11.5 Å². The maximum Gasteiger partial charge on any atom is 0.261 e. The van der Waals surface area contributed by atoms with E-state index in [1.54, 1.807) is 22.8 Å². The van der Waals surface area contributed by atoms with Gasteiger partial charge in [0.2, 0.25) is 0 Å². The summed E-state index contributed by atoms with van der Waals surface area (Å²) >= 11 is 0. The Kier molecular flexibility index (Phi) is 5.24. The van der Waals surface area contributed by atoms with Crippen LogP contribution in [-0.2, 0) is 19.4 Å². The van der Waals surface area contributed by atoms with Crippen molar-refractivity contribution in [1.29, 1.82) is 0 Å². The largest absolute Gasteiger partial charge is 0.352 e. The molecule has 1 aliphatic rings. The lowest BCUT2D eigenvalue weighted by molar-refractivity contribution is 0.0954. The first-order valence-electron chi connectivity index (χ1n) is 9.99. The minimum Gasteiger partial charge on any atom is -0.352 e. The van der Waals surface area contributed by atoms with Gasteiger partial charge in [-0.1, -0.05) is 36.2 Å². The summed E-state index contributed by atoms with van der Waals surface area (Å²) in [5.74, 6) is 0.707. The van der Waals surface area contributed by atoms with Crippen LogP contribution in [0.4, 0.5) is 0 Å². The van der Waals surface area contributed by atoms with Gasteiger partial charge in [-0.2, -0.15) is 0 Å². The number of carbonyl (C=O) groups is 1. The van der Waals surface area contributed by atoms with Crippen molar-refractivity contribution in [1.82, 2.24) is 14.9 Å². The second-order valence-corrected chi connectivity index (χ2v) is 7.52. The summed E-state index contributed by atoms with van der Waals surface area (Å²) in [5, 5.41) is 3.55. The minimum absolute atomic E-state index is 0.00769. The van der Waals surface area contributed by atoms with Gasteiger partial charge in [0.1, 0.15) is 5.82 Å². The summed E-state index contributed by atoms with van der Waals surface area (Å²) < 4.78 is 1.80. The fourth-order valence-corrected chi connectivity index (χ4v) is 3.85. The summed E-state index contributed by atoms with van der Waals surface area (Å²) in [4.78, 5) is 30.0. The van der Waals surface area contributed by atoms with Crippen LogP contribution in [0, 0.1) is 6.92 Å². The highest BCUT2D eigenvalue weighted by molar-refractivity contribution is 5.97. The minimum atomic E-state index is -0.133. The van der Waals surface area contributed by atoms with Gasteiger partial charge in [-0.25, -0.2) is 4.98 Å². The lowest BCUT2D eigenvalue weighted by Crippen LogP contribution is -2.27. The van der Waals surface area contributed by atoms with Crippen molar-refractivity contribution < 1.29 is 4.79 Å². The van der Waals surface area contributed by atoms with E-state index < -0.39 is 0 Å². The van der Waals surface area contributed by atoms with E-state index in [4.69, 9.17) is 4.98 Å². The summed E-state index contributed by atoms with van der Waals surface area (Å²) in [7, 11) is 0. The van der Waals surface area contributed by atoms with Crippen molar-refractivity contribution in [2.45, 2.75) is 45.6 Å². The van der Waals surface area contributed by atoms with Crippen LogP contribution in [0.2, 0.25) is 0 Å². The predicted octanol–water partition coefficient (Wildman–Crippen LogP) is 3.40. The summed E-state index contributed by atoms with van der Waals surface area (Å²) in [6, 6.07) is 13.5. The molecule has 1 N–H and O–H groups in total. The van der Waals surface area contributed by atoms with Crippen molar-refractivity contribution >= 4 is 16.8 Å². The maximum atomic E-state index is 12.8. The number of aromatic nitrogens is 2. The van der Waals surface area contributed by atoms with Gasteiger partial charge in [0.25, 0.3) is 11.5 Å². The van der Waals surface area contributed by atoms with Gasteiger partial charge in [0, 0.05) is 25.1 Å². The molecular formula is C23H25N3O2. The molecule has 5 heteroatoms. The summed E-state index contributed by atoms with van der Waals surface area (Å²) in [6.07, 6.45) is 4.79. The van der Waals surface area contributed by atoms with Gasteiger partial charge >= 0.3 is 0 Å². The number of nitrogens with one attached hydrogen (secondary N) is 1. The van der Waals surface area contributed by atoms with Crippen LogP contribution >= 0.6 is 0 Å². The molecule has 28 heavy (non-hydrogen) atoms. The van der Waals surface area contributed by atoms with Crippen LogP contribution in [-0.4, -0.2) is 22.0 Å². The Morgan fingerprint density at radius 3 is 2.89 bits per heavy atom. The lowest BCUT2D eigenvalue weighted by Gasteiger charge is -2.11. The molecule has 4 rings (SSSR count). The lowest BCUT2D eigenvalue weighted by atomic mass is 10.1. The molecule has 0 unspecified atom stereocenters. The van der Waals surface area contributed by atoms with E-state index in [0.29, 0.717) is 23.0 Å². The van der Waals surface area contributed by atoms with Crippen molar-refractivity contribution in [3.8, 4) is 0 Å². The van der Waals surface area contributed by atoms with Crippen molar-refractivity contribution in [3.05, 3.63) is 75.3 Å². The van der Waals surface area contributed by atoms with E-state index in [1.165, 1.54) is 11.1 Å². The quantitative estimate of drug-likeness (QED) is 0.760. The van der Waals surface area contributed by atoms with Crippen LogP contribution < -0.4 is 10.9 Å². The Hall–Kier alpha value is -2.95. The zero-order valence-electron chi connectivity index (χ0n) is 16.2. The van der Waals surface area contributed by atoms with E-state index in [0.717, 1.165) is 44.5 Å². The van der Waals surface area contributed by atoms with Gasteiger partial charge in [-0.15, -0.1) is 0 Å². The van der Waals surface area contributed by atoms with Crippen LogP contribution in [0.5, 0.6) is 0 Å². The number of aryl methyl sites for hydroxylation is 2. The summed E-state index contributed by atoms with van der Waals surface area (Å²) in [6.45, 7) is 3.37. The van der Waals surface area contributed by atoms with Gasteiger partial charge in [-0.05, 0) is 49.9 Å². The molecule has 1 amide bonds. The highest BCUT2D eigenvalue weighted by atomic mass is 16.1. The Morgan fingerprint density at radius 1 is 1.14 bits per heavy atom. The average molecular weight is 375 g/mol. The molecule has 144 valence electrons. The molecule has 0 spiro atoms. The predicted molar refractivity (Wildman–Crippen MR) is 111 cm³/mol. The molecular weight excluding hydrogens is 350 g/mol. The van der Waals surface area contributed by atoms with E-state index in [1.807, 2.05) is 6.07 Å². The third kappa shape index (κ3) is 3.84. The van der Waals surface area contributed by atoms with Crippen molar-refractivity contribution in [3.63, 3.8) is 0 Å².